The molecule has 4 atom stereocenters. The van der Waals surface area contributed by atoms with Crippen molar-refractivity contribution in [3.8, 4) is 0 Å². The van der Waals surface area contributed by atoms with Crippen LogP contribution in [0.3, 0.4) is 0 Å². The molecule has 37 heavy (non-hydrogen) atoms. The molecule has 1 aliphatic carbocycles. The number of hydrogen-bond acceptors (Lipinski definition) is 5. The fourth-order valence-corrected chi connectivity index (χ4v) is 5.34. The van der Waals surface area contributed by atoms with Gasteiger partial charge in [-0.1, -0.05) is 32.9 Å². The zero-order valence-corrected chi connectivity index (χ0v) is 22.7. The molecule has 1 fully saturated rings. The Morgan fingerprint density at radius 3 is 2.30 bits per heavy atom. The maximum Gasteiger partial charge on any atom is 0.328 e. The number of benzene rings is 1. The number of fused-ring (bicyclic) bond motifs is 2. The summed E-state index contributed by atoms with van der Waals surface area (Å²) >= 11 is 0. The van der Waals surface area contributed by atoms with Gasteiger partial charge in [0.25, 0.3) is 0 Å². The number of aliphatic carboxylic acids is 2. The Morgan fingerprint density at radius 1 is 1.08 bits per heavy atom. The summed E-state index contributed by atoms with van der Waals surface area (Å²) in [6.45, 7) is 12.3. The third-order valence-corrected chi connectivity index (χ3v) is 7.76. The molecule has 8 heteroatoms. The number of carbonyl (C=O) groups is 3. The highest BCUT2D eigenvalue weighted by atomic mass is 16.5. The van der Waals surface area contributed by atoms with Crippen molar-refractivity contribution in [3.05, 3.63) is 47.7 Å². The Hall–Kier alpha value is -3.13. The molecule has 2 N–H and O–H groups in total. The summed E-state index contributed by atoms with van der Waals surface area (Å²) in [5.74, 6) is -1.24. The monoisotopic (exact) mass is 512 g/mol. The molecule has 2 heterocycles. The minimum Gasteiger partial charge on any atom is -0.478 e. The van der Waals surface area contributed by atoms with E-state index in [-0.39, 0.29) is 11.9 Å². The summed E-state index contributed by atoms with van der Waals surface area (Å²) in [5.41, 5.74) is 4.22. The summed E-state index contributed by atoms with van der Waals surface area (Å²) in [7, 11) is 2.18. The molecule has 8 nitrogen and oxygen atoms in total. The van der Waals surface area contributed by atoms with Gasteiger partial charge in [-0.2, -0.15) is 0 Å². The van der Waals surface area contributed by atoms with Crippen molar-refractivity contribution in [3.63, 3.8) is 0 Å². The molecular weight excluding hydrogens is 472 g/mol. The van der Waals surface area contributed by atoms with Gasteiger partial charge in [0, 0.05) is 53.8 Å². The quantitative estimate of drug-likeness (QED) is 0.408. The number of rotatable bonds is 7. The smallest absolute Gasteiger partial charge is 0.328 e. The SMILES string of the molecule is CC(C)C(C)COC(=O)[C@@H]1C[C@@H]2c3cccc4c3c(cn4C(C)C)C[C@H]2N(C)C1.O=C(O)/C=C\C(=O)O. The number of carboxylic acid groups (broad SMARTS) is 2. The fourth-order valence-electron chi connectivity index (χ4n) is 5.34. The van der Waals surface area contributed by atoms with E-state index in [1.165, 1.54) is 22.0 Å². The lowest BCUT2D eigenvalue weighted by atomic mass is 9.72. The van der Waals surface area contributed by atoms with Crippen LogP contribution in [-0.2, 0) is 25.5 Å². The maximum atomic E-state index is 12.9. The van der Waals surface area contributed by atoms with Gasteiger partial charge in [-0.05, 0) is 62.8 Å². The lowest BCUT2D eigenvalue weighted by Gasteiger charge is -2.44. The van der Waals surface area contributed by atoms with Crippen molar-refractivity contribution in [1.82, 2.24) is 9.47 Å². The second kappa shape index (κ2) is 11.9. The number of ether oxygens (including phenoxy) is 1. The summed E-state index contributed by atoms with van der Waals surface area (Å²) in [5, 5.41) is 17.1. The van der Waals surface area contributed by atoms with E-state index in [1.807, 2.05) is 0 Å². The zero-order chi connectivity index (χ0) is 27.4. The first-order chi connectivity index (χ1) is 17.4. The molecule has 1 saturated heterocycles. The van der Waals surface area contributed by atoms with Gasteiger partial charge < -0.3 is 24.4 Å². The number of likely N-dealkylation sites (N-methyl/N-ethyl adjacent to an activating group) is 1. The molecule has 1 aliphatic heterocycles. The standard InChI is InChI=1S/C25H36N2O2.C4H4O4/c1-15(2)17(5)14-29-25(28)19-10-21-20-8-7-9-22-24(20)18(13-27(22)16(3)4)11-23(21)26(6)12-19;5-3(6)1-2-4(7)8/h7-9,13,15-17,19,21,23H,10-12,14H2,1-6H3;1-2H,(H,5,6)(H,7,8)/b;2-1-/t17?,19-,21-,23-;/m1./s1. The number of aromatic nitrogens is 1. The molecule has 1 unspecified atom stereocenters. The van der Waals surface area contributed by atoms with Crippen molar-refractivity contribution in [2.75, 3.05) is 20.2 Å². The average Bonchev–Trinajstić information content (AvgIpc) is 3.22. The summed E-state index contributed by atoms with van der Waals surface area (Å²) in [6, 6.07) is 7.64. The number of hydrogen-bond donors (Lipinski definition) is 2. The van der Waals surface area contributed by atoms with E-state index in [1.54, 1.807) is 0 Å². The van der Waals surface area contributed by atoms with E-state index in [2.05, 4.69) is 75.5 Å². The van der Waals surface area contributed by atoms with Crippen LogP contribution >= 0.6 is 0 Å². The largest absolute Gasteiger partial charge is 0.478 e. The first-order valence-corrected chi connectivity index (χ1v) is 13.0. The second-order valence-electron chi connectivity index (χ2n) is 11.0. The molecule has 2 aliphatic rings. The molecular formula is C29H40N2O6. The molecule has 1 aromatic heterocycles. The molecule has 2 aromatic rings. The van der Waals surface area contributed by atoms with E-state index in [0.29, 0.717) is 48.6 Å². The Bertz CT molecular complexity index is 1150. The van der Waals surface area contributed by atoms with E-state index in [4.69, 9.17) is 14.9 Å². The molecule has 1 aromatic carbocycles. The molecule has 0 spiro atoms. The van der Waals surface area contributed by atoms with E-state index < -0.39 is 11.9 Å². The van der Waals surface area contributed by atoms with Crippen molar-refractivity contribution in [1.29, 1.82) is 0 Å². The number of nitrogens with zero attached hydrogens (tertiary/aromatic N) is 2. The molecule has 4 rings (SSSR count). The van der Waals surface area contributed by atoms with E-state index >= 15 is 0 Å². The minimum absolute atomic E-state index is 0.0134. The zero-order valence-electron chi connectivity index (χ0n) is 22.7. The summed E-state index contributed by atoms with van der Waals surface area (Å²) < 4.78 is 8.15. The van der Waals surface area contributed by atoms with Gasteiger partial charge >= 0.3 is 17.9 Å². The highest BCUT2D eigenvalue weighted by Crippen LogP contribution is 2.45. The van der Waals surface area contributed by atoms with E-state index in [9.17, 15) is 14.4 Å². The third kappa shape index (κ3) is 6.60. The van der Waals surface area contributed by atoms with E-state index in [0.717, 1.165) is 19.4 Å². The van der Waals surface area contributed by atoms with Crippen LogP contribution < -0.4 is 0 Å². The Labute approximate surface area is 218 Å². The predicted molar refractivity (Wildman–Crippen MR) is 143 cm³/mol. The summed E-state index contributed by atoms with van der Waals surface area (Å²) in [6.07, 6.45) is 5.44. The van der Waals surface area contributed by atoms with Crippen LogP contribution in [0.15, 0.2) is 36.5 Å². The number of carbonyl (C=O) groups excluding carboxylic acids is 1. The highest BCUT2D eigenvalue weighted by molar-refractivity contribution is 5.90. The Morgan fingerprint density at radius 2 is 1.73 bits per heavy atom. The van der Waals surface area contributed by atoms with Crippen LogP contribution in [0, 0.1) is 17.8 Å². The fraction of sp³-hybridized carbons (Fsp3) is 0.552. The predicted octanol–water partition coefficient (Wildman–Crippen LogP) is 4.73. The van der Waals surface area contributed by atoms with Crippen LogP contribution in [0.25, 0.3) is 10.9 Å². The lowest BCUT2D eigenvalue weighted by Crippen LogP contribution is -2.49. The first-order valence-electron chi connectivity index (χ1n) is 13.0. The molecule has 0 amide bonds. The lowest BCUT2D eigenvalue weighted by molar-refractivity contribution is -0.153. The molecule has 0 bridgehead atoms. The number of likely N-dealkylation sites (tertiary alicyclic amines) is 1. The average molecular weight is 513 g/mol. The van der Waals surface area contributed by atoms with Crippen molar-refractivity contribution >= 4 is 28.8 Å². The van der Waals surface area contributed by atoms with Crippen LogP contribution in [0.4, 0.5) is 0 Å². The molecule has 0 radical (unpaired) electrons. The highest BCUT2D eigenvalue weighted by Gasteiger charge is 2.42. The topological polar surface area (TPSA) is 109 Å². The van der Waals surface area contributed by atoms with Crippen molar-refractivity contribution in [2.45, 2.75) is 65.5 Å². The number of carboxylic acids is 2. The van der Waals surface area contributed by atoms with Gasteiger partial charge in [0.05, 0.1) is 12.5 Å². The van der Waals surface area contributed by atoms with Gasteiger partial charge in [0.15, 0.2) is 0 Å². The number of esters is 1. The second-order valence-corrected chi connectivity index (χ2v) is 11.0. The van der Waals surface area contributed by atoms with Gasteiger partial charge in [-0.3, -0.25) is 4.79 Å². The van der Waals surface area contributed by atoms with Crippen molar-refractivity contribution in [2.24, 2.45) is 17.8 Å². The third-order valence-electron chi connectivity index (χ3n) is 7.76. The maximum absolute atomic E-state index is 12.9. The van der Waals surface area contributed by atoms with Crippen LogP contribution in [0.1, 0.15) is 64.1 Å². The Balaban J connectivity index is 0.000000414. The van der Waals surface area contributed by atoms with Crippen molar-refractivity contribution < 1.29 is 29.3 Å². The van der Waals surface area contributed by atoms with Gasteiger partial charge in [-0.25, -0.2) is 9.59 Å². The van der Waals surface area contributed by atoms with Crippen LogP contribution in [0.5, 0.6) is 0 Å². The van der Waals surface area contributed by atoms with Gasteiger partial charge in [-0.15, -0.1) is 0 Å². The number of piperidine rings is 1. The van der Waals surface area contributed by atoms with Gasteiger partial charge in [0.1, 0.15) is 0 Å². The minimum atomic E-state index is -1.26. The van der Waals surface area contributed by atoms with Crippen LogP contribution in [0.2, 0.25) is 0 Å². The molecule has 202 valence electrons. The normalized spacial score (nSPS) is 22.0. The molecule has 0 saturated carbocycles. The Kier molecular flexibility index (Phi) is 9.18. The first kappa shape index (κ1) is 28.4. The van der Waals surface area contributed by atoms with Crippen LogP contribution in [-0.4, -0.2) is 63.8 Å². The van der Waals surface area contributed by atoms with Gasteiger partial charge in [0.2, 0.25) is 0 Å². The summed E-state index contributed by atoms with van der Waals surface area (Å²) in [4.78, 5) is 34.4.